The van der Waals surface area contributed by atoms with Gasteiger partial charge in [0.15, 0.2) is 0 Å². The van der Waals surface area contributed by atoms with Crippen LogP contribution in [-0.4, -0.2) is 37.0 Å². The average Bonchev–Trinajstić information content (AvgIpc) is 3.33. The topological polar surface area (TPSA) is 74.6 Å². The van der Waals surface area contributed by atoms with Crippen molar-refractivity contribution in [2.45, 2.75) is 6.54 Å². The first-order chi connectivity index (χ1) is 16.1. The van der Waals surface area contributed by atoms with Crippen LogP contribution in [0.15, 0.2) is 79.0 Å². The highest BCUT2D eigenvalue weighted by molar-refractivity contribution is 6.00. The Morgan fingerprint density at radius 3 is 2.36 bits per heavy atom. The van der Waals surface area contributed by atoms with Gasteiger partial charge in [0.05, 0.1) is 32.6 Å². The van der Waals surface area contributed by atoms with Crippen LogP contribution in [0.3, 0.4) is 0 Å². The summed E-state index contributed by atoms with van der Waals surface area (Å²) >= 11 is 0. The summed E-state index contributed by atoms with van der Waals surface area (Å²) in [6.07, 6.45) is 1.73. The minimum absolute atomic E-state index is 0.243. The van der Waals surface area contributed by atoms with Gasteiger partial charge in [-0.1, -0.05) is 30.3 Å². The Balaban J connectivity index is 1.71. The molecule has 4 aromatic rings. The van der Waals surface area contributed by atoms with E-state index >= 15 is 0 Å². The van der Waals surface area contributed by atoms with Crippen molar-refractivity contribution in [2.24, 2.45) is 0 Å². The van der Waals surface area contributed by atoms with Gasteiger partial charge >= 0.3 is 0 Å². The van der Waals surface area contributed by atoms with E-state index < -0.39 is 0 Å². The smallest absolute Gasteiger partial charge is 0.255 e. The van der Waals surface area contributed by atoms with Crippen LogP contribution in [0.5, 0.6) is 17.2 Å². The molecule has 3 aromatic carbocycles. The van der Waals surface area contributed by atoms with Crippen LogP contribution in [0.4, 0.5) is 0 Å². The fraction of sp³-hybridized carbons (Fsp3) is 0.154. The first kappa shape index (κ1) is 22.0. The lowest BCUT2D eigenvalue weighted by molar-refractivity contribution is 0.0951. The monoisotopic (exact) mass is 443 g/mol. The lowest BCUT2D eigenvalue weighted by atomic mass is 10.1. The minimum atomic E-state index is -0.243. The van der Waals surface area contributed by atoms with Crippen LogP contribution in [0.25, 0.3) is 16.9 Å². The third kappa shape index (κ3) is 4.82. The number of carbonyl (C=O) groups is 1. The van der Waals surface area contributed by atoms with Crippen molar-refractivity contribution in [1.82, 2.24) is 15.1 Å². The zero-order valence-electron chi connectivity index (χ0n) is 18.7. The Bertz CT molecular complexity index is 1250. The summed E-state index contributed by atoms with van der Waals surface area (Å²) in [7, 11) is 4.79. The predicted molar refractivity (Wildman–Crippen MR) is 126 cm³/mol. The van der Waals surface area contributed by atoms with E-state index in [9.17, 15) is 4.79 Å². The summed E-state index contributed by atoms with van der Waals surface area (Å²) in [5, 5.41) is 7.72. The number of benzene rings is 3. The Hall–Kier alpha value is -4.26. The van der Waals surface area contributed by atoms with Gasteiger partial charge in [0, 0.05) is 24.4 Å². The Kier molecular flexibility index (Phi) is 6.59. The van der Waals surface area contributed by atoms with E-state index in [4.69, 9.17) is 19.3 Å². The molecule has 7 nitrogen and oxygen atoms in total. The lowest BCUT2D eigenvalue weighted by Crippen LogP contribution is -2.23. The fourth-order valence-corrected chi connectivity index (χ4v) is 3.51. The van der Waals surface area contributed by atoms with Gasteiger partial charge in [-0.05, 0) is 42.0 Å². The molecule has 0 fully saturated rings. The number of nitrogens with zero attached hydrogens (tertiary/aromatic N) is 2. The number of carbonyl (C=O) groups excluding carboxylic acids is 1. The summed E-state index contributed by atoms with van der Waals surface area (Å²) in [5.41, 5.74) is 3.42. The zero-order chi connectivity index (χ0) is 23.2. The van der Waals surface area contributed by atoms with Crippen molar-refractivity contribution in [1.29, 1.82) is 0 Å². The molecule has 33 heavy (non-hydrogen) atoms. The van der Waals surface area contributed by atoms with Gasteiger partial charge in [0.2, 0.25) is 0 Å². The Morgan fingerprint density at radius 2 is 1.64 bits per heavy atom. The van der Waals surface area contributed by atoms with E-state index in [-0.39, 0.29) is 5.91 Å². The van der Waals surface area contributed by atoms with Gasteiger partial charge in [-0.3, -0.25) is 4.79 Å². The van der Waals surface area contributed by atoms with E-state index in [0.29, 0.717) is 34.9 Å². The lowest BCUT2D eigenvalue weighted by Gasteiger charge is -2.11. The molecule has 0 saturated heterocycles. The highest BCUT2D eigenvalue weighted by Crippen LogP contribution is 2.34. The molecule has 0 saturated carbocycles. The molecule has 0 atom stereocenters. The third-order valence-corrected chi connectivity index (χ3v) is 5.23. The fourth-order valence-electron chi connectivity index (χ4n) is 3.51. The van der Waals surface area contributed by atoms with Crippen LogP contribution < -0.4 is 19.5 Å². The standard InChI is InChI=1S/C26H25N3O4/c1-31-20-11-7-8-18(14-20)16-27-26(30)23-17-29(19-9-5-4-6-10-19)28-25(23)22-13-12-21(32-2)15-24(22)33-3/h4-15,17H,16H2,1-3H3,(H,27,30). The van der Waals surface area contributed by atoms with Crippen LogP contribution >= 0.6 is 0 Å². The number of rotatable bonds is 8. The summed E-state index contributed by atoms with van der Waals surface area (Å²) in [6.45, 7) is 0.353. The Labute approximate surface area is 192 Å². The van der Waals surface area contributed by atoms with Gasteiger partial charge in [-0.15, -0.1) is 0 Å². The SMILES string of the molecule is COc1cccc(CNC(=O)c2cn(-c3ccccc3)nc2-c2ccc(OC)cc2OC)c1. The summed E-state index contributed by atoms with van der Waals surface area (Å²) in [5.74, 6) is 1.71. The van der Waals surface area contributed by atoms with Crippen molar-refractivity contribution in [3.63, 3.8) is 0 Å². The number of methoxy groups -OCH3 is 3. The van der Waals surface area contributed by atoms with Crippen molar-refractivity contribution in [2.75, 3.05) is 21.3 Å². The van der Waals surface area contributed by atoms with E-state index in [0.717, 1.165) is 17.0 Å². The van der Waals surface area contributed by atoms with Gasteiger partial charge in [0.1, 0.15) is 22.9 Å². The largest absolute Gasteiger partial charge is 0.497 e. The van der Waals surface area contributed by atoms with Gasteiger partial charge in [-0.2, -0.15) is 5.10 Å². The van der Waals surface area contributed by atoms with E-state index in [1.165, 1.54) is 0 Å². The highest BCUT2D eigenvalue weighted by Gasteiger charge is 2.21. The predicted octanol–water partition coefficient (Wildman–Crippen LogP) is 4.50. The highest BCUT2D eigenvalue weighted by atomic mass is 16.5. The zero-order valence-corrected chi connectivity index (χ0v) is 18.7. The van der Waals surface area contributed by atoms with Crippen molar-refractivity contribution in [3.05, 3.63) is 90.1 Å². The van der Waals surface area contributed by atoms with Gasteiger partial charge < -0.3 is 19.5 Å². The van der Waals surface area contributed by atoms with Crippen molar-refractivity contribution < 1.29 is 19.0 Å². The Morgan fingerprint density at radius 1 is 0.879 bits per heavy atom. The molecule has 168 valence electrons. The third-order valence-electron chi connectivity index (χ3n) is 5.23. The maximum absolute atomic E-state index is 13.3. The number of aromatic nitrogens is 2. The second kappa shape index (κ2) is 9.91. The van der Waals surface area contributed by atoms with Crippen molar-refractivity contribution >= 4 is 5.91 Å². The molecule has 0 radical (unpaired) electrons. The molecule has 7 heteroatoms. The summed E-state index contributed by atoms with van der Waals surface area (Å²) in [4.78, 5) is 13.3. The molecule has 0 bridgehead atoms. The molecule has 1 amide bonds. The number of para-hydroxylation sites is 1. The number of hydrogen-bond donors (Lipinski definition) is 1. The number of hydrogen-bond acceptors (Lipinski definition) is 5. The molecular weight excluding hydrogens is 418 g/mol. The molecule has 0 aliphatic heterocycles. The van der Waals surface area contributed by atoms with Gasteiger partial charge in [-0.25, -0.2) is 4.68 Å². The number of nitrogens with one attached hydrogen (secondary N) is 1. The van der Waals surface area contributed by atoms with Crippen LogP contribution in [0.2, 0.25) is 0 Å². The molecule has 0 aliphatic rings. The first-order valence-corrected chi connectivity index (χ1v) is 10.4. The quantitative estimate of drug-likeness (QED) is 0.434. The minimum Gasteiger partial charge on any atom is -0.497 e. The van der Waals surface area contributed by atoms with Crippen LogP contribution in [-0.2, 0) is 6.54 Å². The van der Waals surface area contributed by atoms with Crippen molar-refractivity contribution in [3.8, 4) is 34.2 Å². The maximum atomic E-state index is 13.3. The van der Waals surface area contributed by atoms with E-state index in [2.05, 4.69) is 5.32 Å². The summed E-state index contributed by atoms with van der Waals surface area (Å²) < 4.78 is 17.8. The average molecular weight is 444 g/mol. The molecule has 4 rings (SSSR count). The molecule has 0 spiro atoms. The first-order valence-electron chi connectivity index (χ1n) is 10.4. The van der Waals surface area contributed by atoms with Crippen LogP contribution in [0.1, 0.15) is 15.9 Å². The van der Waals surface area contributed by atoms with E-state index in [1.807, 2.05) is 66.7 Å². The van der Waals surface area contributed by atoms with E-state index in [1.54, 1.807) is 38.3 Å². The number of ether oxygens (including phenoxy) is 3. The second-order valence-corrected chi connectivity index (χ2v) is 7.27. The molecule has 1 heterocycles. The maximum Gasteiger partial charge on any atom is 0.255 e. The molecule has 0 unspecified atom stereocenters. The number of amides is 1. The van der Waals surface area contributed by atoms with Crippen LogP contribution in [0, 0.1) is 0 Å². The molecule has 0 aliphatic carbocycles. The van der Waals surface area contributed by atoms with Gasteiger partial charge in [0.25, 0.3) is 5.91 Å². The normalized spacial score (nSPS) is 10.5. The molecular formula is C26H25N3O4. The molecule has 1 aromatic heterocycles. The molecule has 1 N–H and O–H groups in total. The summed E-state index contributed by atoms with van der Waals surface area (Å²) in [6, 6.07) is 22.7. The second-order valence-electron chi connectivity index (χ2n) is 7.27.